The molecule has 5 aliphatic rings. The minimum absolute atomic E-state index is 0.198. The number of unbranched alkanes of at least 4 members (excludes halogenated alkanes) is 31. The minimum Gasteiger partial charge on any atom is -0.394 e. The van der Waals surface area contributed by atoms with Crippen molar-refractivity contribution in [1.29, 1.82) is 0 Å². The van der Waals surface area contributed by atoms with Gasteiger partial charge in [0, 0.05) is 20.3 Å². The molecule has 0 saturated carbocycles. The Morgan fingerprint density at radius 1 is 0.374 bits per heavy atom. The maximum atomic E-state index is 13.5. The first-order valence-electron chi connectivity index (χ1n) is 40.4. The maximum absolute atomic E-state index is 13.5. The lowest BCUT2D eigenvalue weighted by atomic mass is 9.94. The third-order valence-electron chi connectivity index (χ3n) is 21.1. The van der Waals surface area contributed by atoms with Crippen molar-refractivity contribution in [3.8, 4) is 0 Å². The highest BCUT2D eigenvalue weighted by Gasteiger charge is 2.56. The number of nitrogens with one attached hydrogen (secondary N) is 3. The Bertz CT molecular complexity index is 2380. The number of carbonyl (C=O) groups is 3. The van der Waals surface area contributed by atoms with Gasteiger partial charge in [0.05, 0.1) is 51.8 Å². The van der Waals surface area contributed by atoms with Gasteiger partial charge in [-0.25, -0.2) is 0 Å². The summed E-state index contributed by atoms with van der Waals surface area (Å²) in [4.78, 5) is 38.1. The Labute approximate surface area is 633 Å². The van der Waals surface area contributed by atoms with Crippen molar-refractivity contribution in [2.24, 2.45) is 0 Å². The lowest BCUT2D eigenvalue weighted by Crippen LogP contribution is -2.69. The van der Waals surface area contributed by atoms with Crippen LogP contribution in [0, 0.1) is 0 Å². The SMILES string of the molecule is CCCCCCCCCCCCC/C=C/[C@@H](O)[C@H](CO[C@@H]1OC(CO)[C@@H](O[C@@H]2OC(CO)[C@H](O[C@@H]3OC(CO)[C@H](O)[C@H](O[C@@H]4OC(CO[C@@H]5OC(CO)[C@@H](O)[C@H](O)C5NC(C)=O)[C@H](O)[C@H](O)C4NC(C)=O)C3O)[C@H](O)C2O)[C@H](O)C1O)NC(=O)CCCCCCCCCCCCCCCCCCCCCCC. The minimum atomic E-state index is -2.18. The summed E-state index contributed by atoms with van der Waals surface area (Å²) in [5.41, 5.74) is 0. The Kier molecular flexibility index (Phi) is 47.2. The first-order valence-corrected chi connectivity index (χ1v) is 40.4. The van der Waals surface area contributed by atoms with E-state index in [9.17, 15) is 91.0 Å². The molecule has 0 aromatic carbocycles. The fourth-order valence-electron chi connectivity index (χ4n) is 14.6. The third-order valence-corrected chi connectivity index (χ3v) is 21.1. The summed E-state index contributed by atoms with van der Waals surface area (Å²) in [6.07, 6.45) is -0.402. The van der Waals surface area contributed by atoms with E-state index in [1.54, 1.807) is 6.08 Å². The number of amides is 3. The number of hydrogen-bond acceptors (Lipinski definition) is 28. The van der Waals surface area contributed by atoms with Crippen LogP contribution in [0.1, 0.15) is 246 Å². The Morgan fingerprint density at radius 3 is 1.18 bits per heavy atom. The predicted molar refractivity (Wildman–Crippen MR) is 389 cm³/mol. The van der Waals surface area contributed by atoms with Crippen LogP contribution in [0.4, 0.5) is 0 Å². The van der Waals surface area contributed by atoms with E-state index in [-0.39, 0.29) is 12.3 Å². The van der Waals surface area contributed by atoms with Gasteiger partial charge in [0.25, 0.3) is 0 Å². The molecule has 0 aliphatic carbocycles. The summed E-state index contributed by atoms with van der Waals surface area (Å²) in [5.74, 6) is -1.78. The Hall–Kier alpha value is -2.85. The first-order chi connectivity index (χ1) is 51.5. The molecule has 18 N–H and O–H groups in total. The summed E-state index contributed by atoms with van der Waals surface area (Å²) in [6.45, 7) is 1.77. The van der Waals surface area contributed by atoms with Gasteiger partial charge in [-0.2, -0.15) is 0 Å². The lowest BCUT2D eigenvalue weighted by Gasteiger charge is -2.49. The van der Waals surface area contributed by atoms with Crippen molar-refractivity contribution in [2.45, 2.75) is 412 Å². The van der Waals surface area contributed by atoms with Crippen molar-refractivity contribution in [3.63, 3.8) is 0 Å². The first kappa shape index (κ1) is 94.7. The van der Waals surface area contributed by atoms with E-state index in [2.05, 4.69) is 29.8 Å². The van der Waals surface area contributed by atoms with Gasteiger partial charge >= 0.3 is 0 Å². The largest absolute Gasteiger partial charge is 0.394 e. The lowest BCUT2D eigenvalue weighted by molar-refractivity contribution is -0.387. The van der Waals surface area contributed by atoms with E-state index in [1.807, 2.05) is 6.08 Å². The molecule has 5 rings (SSSR count). The van der Waals surface area contributed by atoms with E-state index >= 15 is 0 Å². The van der Waals surface area contributed by atoms with Crippen LogP contribution in [-0.4, -0.2) is 300 Å². The second-order valence-electron chi connectivity index (χ2n) is 30.0. The molecule has 27 atom stereocenters. The van der Waals surface area contributed by atoms with Crippen LogP contribution in [-0.2, 0) is 61.8 Å². The van der Waals surface area contributed by atoms with Crippen molar-refractivity contribution < 1.29 is 138 Å². The Balaban J connectivity index is 1.15. The molecule has 5 saturated heterocycles. The monoisotopic (exact) mass is 1540 g/mol. The molecule has 31 nitrogen and oxygen atoms in total. The second-order valence-corrected chi connectivity index (χ2v) is 30.0. The molecule has 31 heteroatoms. The highest BCUT2D eigenvalue weighted by molar-refractivity contribution is 5.76. The zero-order valence-corrected chi connectivity index (χ0v) is 64.0. The topological polar surface area (TPSA) is 483 Å². The van der Waals surface area contributed by atoms with E-state index in [1.165, 1.54) is 154 Å². The maximum Gasteiger partial charge on any atom is 0.220 e. The number of aliphatic hydroxyl groups excluding tert-OH is 15. The van der Waals surface area contributed by atoms with E-state index in [0.29, 0.717) is 12.8 Å². The Morgan fingerprint density at radius 2 is 0.729 bits per heavy atom. The molecule has 5 fully saturated rings. The van der Waals surface area contributed by atoms with Crippen LogP contribution < -0.4 is 16.0 Å². The molecule has 0 aromatic rings. The van der Waals surface area contributed by atoms with E-state index in [0.717, 1.165) is 58.8 Å². The van der Waals surface area contributed by atoms with Gasteiger partial charge in [-0.3, -0.25) is 14.4 Å². The van der Waals surface area contributed by atoms with Crippen molar-refractivity contribution >= 4 is 17.7 Å². The molecule has 10 unspecified atom stereocenters. The molecule has 0 aromatic heterocycles. The molecular weight excluding hydrogens is 1400 g/mol. The normalized spacial score (nSPS) is 34.0. The van der Waals surface area contributed by atoms with Gasteiger partial charge in [0.15, 0.2) is 31.5 Å². The summed E-state index contributed by atoms with van der Waals surface area (Å²) in [5, 5.41) is 174. The van der Waals surface area contributed by atoms with Gasteiger partial charge in [0.1, 0.15) is 122 Å². The molecule has 3 amide bonds. The molecule has 107 heavy (non-hydrogen) atoms. The van der Waals surface area contributed by atoms with Crippen LogP contribution >= 0.6 is 0 Å². The van der Waals surface area contributed by atoms with E-state index in [4.69, 9.17) is 47.4 Å². The number of allylic oxidation sites excluding steroid dienone is 1. The fourth-order valence-corrected chi connectivity index (χ4v) is 14.6. The number of carbonyl (C=O) groups excluding carboxylic acids is 3. The molecule has 5 heterocycles. The van der Waals surface area contributed by atoms with Gasteiger partial charge in [0.2, 0.25) is 17.7 Å². The summed E-state index contributed by atoms with van der Waals surface area (Å²) < 4.78 is 58.7. The van der Waals surface area contributed by atoms with Gasteiger partial charge < -0.3 is 140 Å². The molecule has 626 valence electrons. The predicted octanol–water partition coefficient (Wildman–Crippen LogP) is 2.09. The number of ether oxygens (including phenoxy) is 10. The third kappa shape index (κ3) is 32.2. The molecule has 0 radical (unpaired) electrons. The van der Waals surface area contributed by atoms with Crippen molar-refractivity contribution in [1.82, 2.24) is 16.0 Å². The number of aliphatic hydroxyl groups is 15. The zero-order valence-electron chi connectivity index (χ0n) is 64.0. The summed E-state index contributed by atoms with van der Waals surface area (Å²) in [7, 11) is 0. The van der Waals surface area contributed by atoms with Gasteiger partial charge in [-0.15, -0.1) is 0 Å². The molecular formula is C76H139N3O28. The average Bonchev–Trinajstić information content (AvgIpc) is 0.778. The van der Waals surface area contributed by atoms with Crippen LogP contribution in [0.2, 0.25) is 0 Å². The quantitative estimate of drug-likeness (QED) is 0.0306. The molecule has 5 aliphatic heterocycles. The van der Waals surface area contributed by atoms with Crippen molar-refractivity contribution in [2.75, 3.05) is 39.6 Å². The van der Waals surface area contributed by atoms with Crippen LogP contribution in [0.5, 0.6) is 0 Å². The summed E-state index contributed by atoms with van der Waals surface area (Å²) >= 11 is 0. The fraction of sp³-hybridized carbons (Fsp3) is 0.934. The van der Waals surface area contributed by atoms with Crippen LogP contribution in [0.15, 0.2) is 12.2 Å². The van der Waals surface area contributed by atoms with Gasteiger partial charge in [-0.05, 0) is 19.3 Å². The van der Waals surface area contributed by atoms with Crippen LogP contribution in [0.25, 0.3) is 0 Å². The molecule has 0 bridgehead atoms. The molecule has 0 spiro atoms. The smallest absolute Gasteiger partial charge is 0.220 e. The van der Waals surface area contributed by atoms with Crippen LogP contribution in [0.3, 0.4) is 0 Å². The number of hydrogen-bond donors (Lipinski definition) is 18. The summed E-state index contributed by atoms with van der Waals surface area (Å²) in [6, 6.07) is -4.16. The van der Waals surface area contributed by atoms with E-state index < -0.39 is 217 Å². The van der Waals surface area contributed by atoms with Gasteiger partial charge in [-0.1, -0.05) is 219 Å². The number of rotatable bonds is 55. The highest BCUT2D eigenvalue weighted by Crippen LogP contribution is 2.36. The zero-order chi connectivity index (χ0) is 78.2. The second kappa shape index (κ2) is 53.3. The standard InChI is InChI=1S/C76H139N3O28/c1-5-7-9-11-13-15-17-19-20-21-22-23-24-25-26-28-30-32-34-36-38-40-56(87)79-49(50(86)39-37-35-33-31-29-27-18-16-14-12-10-8-6-2)45-98-74-66(95)64(93)69(53(43-82)102-74)105-75-67(96)65(94)70(54(44-83)103-75)106-76-68(97)71(61(90)52(42-81)101-76)107-73-58(78-48(4)85)63(92)60(89)55(104-73)46-99-72-57(77-47(3)84)62(91)59(88)51(41-80)100-72/h37,39,49-55,57-76,80-83,86,88-97H,5-36,38,40-46H2,1-4H3,(H,77,84)(H,78,85)(H,79,87)/b39-37+/t49-,50+,51?,52?,53?,54?,55?,57?,58?,59+,60-,61-,62+,63+,64+,65+,66?,67?,68?,69+,70-,71-,72+,73-,74+,75-,76-/m0/s1. The highest BCUT2D eigenvalue weighted by atomic mass is 16.8. The van der Waals surface area contributed by atoms with Crippen molar-refractivity contribution in [3.05, 3.63) is 12.2 Å². The average molecular weight is 1540 g/mol.